The van der Waals surface area contributed by atoms with Crippen molar-refractivity contribution in [2.75, 3.05) is 6.54 Å². The minimum atomic E-state index is -0.688. The van der Waals surface area contributed by atoms with E-state index in [1.165, 1.54) is 6.92 Å². The van der Waals surface area contributed by atoms with Crippen molar-refractivity contribution < 1.29 is 14.4 Å². The molecule has 5 nitrogen and oxygen atoms in total. The molecule has 1 spiro atoms. The first kappa shape index (κ1) is 10.1. The van der Waals surface area contributed by atoms with Crippen LogP contribution in [0, 0.1) is 0 Å². The molecule has 0 radical (unpaired) electrons. The van der Waals surface area contributed by atoms with E-state index in [-0.39, 0.29) is 18.2 Å². The molecule has 82 valence electrons. The van der Waals surface area contributed by atoms with Gasteiger partial charge in [-0.3, -0.25) is 14.5 Å². The van der Waals surface area contributed by atoms with Gasteiger partial charge in [-0.05, 0) is 19.8 Å². The fraction of sp³-hybridized carbons (Fsp3) is 0.700. The Morgan fingerprint density at radius 3 is 2.53 bits per heavy atom. The lowest BCUT2D eigenvalue weighted by Gasteiger charge is -2.19. The minimum Gasteiger partial charge on any atom is -0.323 e. The molecule has 0 aromatic carbocycles. The van der Waals surface area contributed by atoms with Crippen LogP contribution >= 0.6 is 0 Å². The van der Waals surface area contributed by atoms with Gasteiger partial charge in [0.1, 0.15) is 11.3 Å². The molecule has 1 aliphatic heterocycles. The number of imide groups is 1. The van der Waals surface area contributed by atoms with Gasteiger partial charge in [0.05, 0.1) is 6.54 Å². The number of amides is 3. The summed E-state index contributed by atoms with van der Waals surface area (Å²) >= 11 is 0. The van der Waals surface area contributed by atoms with Crippen LogP contribution in [0.5, 0.6) is 0 Å². The lowest BCUT2D eigenvalue weighted by molar-refractivity contribution is -0.133. The summed E-state index contributed by atoms with van der Waals surface area (Å²) in [6.45, 7) is 1.27. The van der Waals surface area contributed by atoms with E-state index in [1.54, 1.807) is 0 Å². The minimum absolute atomic E-state index is 0.105. The van der Waals surface area contributed by atoms with E-state index in [1.807, 2.05) is 0 Å². The molecule has 2 fully saturated rings. The summed E-state index contributed by atoms with van der Waals surface area (Å²) in [5, 5.41) is 2.72. The second-order valence-corrected chi connectivity index (χ2v) is 4.31. The zero-order chi connectivity index (χ0) is 11.1. The van der Waals surface area contributed by atoms with Gasteiger partial charge in [0.2, 0.25) is 0 Å². The van der Waals surface area contributed by atoms with Crippen molar-refractivity contribution in [2.24, 2.45) is 0 Å². The quantitative estimate of drug-likeness (QED) is 0.672. The van der Waals surface area contributed by atoms with Crippen molar-refractivity contribution in [2.45, 2.75) is 38.1 Å². The predicted molar refractivity (Wildman–Crippen MR) is 52.1 cm³/mol. The van der Waals surface area contributed by atoms with Gasteiger partial charge in [-0.1, -0.05) is 12.8 Å². The maximum atomic E-state index is 12.0. The number of carbonyl (C=O) groups is 3. The first-order chi connectivity index (χ1) is 7.05. The van der Waals surface area contributed by atoms with Crippen molar-refractivity contribution in [3.05, 3.63) is 0 Å². The number of rotatable bonds is 2. The highest BCUT2D eigenvalue weighted by atomic mass is 16.2. The van der Waals surface area contributed by atoms with Crippen LogP contribution in [-0.4, -0.2) is 34.7 Å². The SMILES string of the molecule is CC(=O)CN1C(=O)NC2(CCCC2)C1=O. The van der Waals surface area contributed by atoms with E-state index in [4.69, 9.17) is 0 Å². The van der Waals surface area contributed by atoms with Crippen molar-refractivity contribution in [3.63, 3.8) is 0 Å². The fourth-order valence-corrected chi connectivity index (χ4v) is 2.36. The van der Waals surface area contributed by atoms with E-state index in [2.05, 4.69) is 5.32 Å². The first-order valence-corrected chi connectivity index (χ1v) is 5.19. The Hall–Kier alpha value is -1.39. The van der Waals surface area contributed by atoms with Crippen LogP contribution in [0.4, 0.5) is 4.79 Å². The summed E-state index contributed by atoms with van der Waals surface area (Å²) in [6, 6.07) is -0.419. The van der Waals surface area contributed by atoms with Crippen molar-refractivity contribution in [3.8, 4) is 0 Å². The topological polar surface area (TPSA) is 66.5 Å². The fourth-order valence-electron chi connectivity index (χ4n) is 2.36. The molecule has 3 amide bonds. The molecule has 1 saturated heterocycles. The highest BCUT2D eigenvalue weighted by Crippen LogP contribution is 2.34. The van der Waals surface area contributed by atoms with Crippen LogP contribution in [0.25, 0.3) is 0 Å². The van der Waals surface area contributed by atoms with E-state index < -0.39 is 11.6 Å². The van der Waals surface area contributed by atoms with Gasteiger partial charge in [0.15, 0.2) is 0 Å². The van der Waals surface area contributed by atoms with Crippen molar-refractivity contribution in [1.82, 2.24) is 10.2 Å². The number of nitrogens with zero attached hydrogens (tertiary/aromatic N) is 1. The molecular weight excluding hydrogens is 196 g/mol. The summed E-state index contributed by atoms with van der Waals surface area (Å²) in [6.07, 6.45) is 3.32. The number of Topliss-reactive ketones (excluding diaryl/α,β-unsaturated/α-hetero) is 1. The first-order valence-electron chi connectivity index (χ1n) is 5.19. The van der Waals surface area contributed by atoms with Crippen molar-refractivity contribution in [1.29, 1.82) is 0 Å². The zero-order valence-corrected chi connectivity index (χ0v) is 8.71. The van der Waals surface area contributed by atoms with Crippen molar-refractivity contribution >= 4 is 17.7 Å². The zero-order valence-electron chi connectivity index (χ0n) is 8.71. The summed E-state index contributed by atoms with van der Waals surface area (Å²) in [5.41, 5.74) is -0.688. The molecule has 0 aromatic heterocycles. The summed E-state index contributed by atoms with van der Waals surface area (Å²) in [4.78, 5) is 35.4. The lowest BCUT2D eigenvalue weighted by atomic mass is 9.98. The molecular formula is C10H14N2O3. The normalized spacial score (nSPS) is 23.7. The third kappa shape index (κ3) is 1.52. The van der Waals surface area contributed by atoms with E-state index >= 15 is 0 Å². The van der Waals surface area contributed by atoms with Crippen LogP contribution in [0.2, 0.25) is 0 Å². The average molecular weight is 210 g/mol. The third-order valence-electron chi connectivity index (χ3n) is 3.08. The number of urea groups is 1. The third-order valence-corrected chi connectivity index (χ3v) is 3.08. The number of ketones is 1. The summed E-state index contributed by atoms with van der Waals surface area (Å²) in [7, 11) is 0. The smallest absolute Gasteiger partial charge is 0.323 e. The molecule has 1 saturated carbocycles. The summed E-state index contributed by atoms with van der Waals surface area (Å²) in [5.74, 6) is -0.395. The Balaban J connectivity index is 2.19. The number of carbonyl (C=O) groups excluding carboxylic acids is 3. The van der Waals surface area contributed by atoms with Gasteiger partial charge in [-0.2, -0.15) is 0 Å². The molecule has 0 bridgehead atoms. The molecule has 2 rings (SSSR count). The number of nitrogens with one attached hydrogen (secondary N) is 1. The molecule has 0 unspecified atom stereocenters. The molecule has 0 aromatic rings. The standard InChI is InChI=1S/C10H14N2O3/c1-7(13)6-12-8(14)10(11-9(12)15)4-2-3-5-10/h2-6H2,1H3,(H,11,15). The molecule has 5 heteroatoms. The van der Waals surface area contributed by atoms with Crippen LogP contribution < -0.4 is 5.32 Å². The van der Waals surface area contributed by atoms with Gasteiger partial charge >= 0.3 is 6.03 Å². The molecule has 0 atom stereocenters. The van der Waals surface area contributed by atoms with Gasteiger partial charge in [0, 0.05) is 0 Å². The Kier molecular flexibility index (Phi) is 2.25. The molecule has 1 aliphatic carbocycles. The maximum Gasteiger partial charge on any atom is 0.325 e. The highest BCUT2D eigenvalue weighted by Gasteiger charge is 2.52. The van der Waals surface area contributed by atoms with Crippen LogP contribution in [0.15, 0.2) is 0 Å². The monoisotopic (exact) mass is 210 g/mol. The number of hydrogen-bond acceptors (Lipinski definition) is 3. The molecule has 1 heterocycles. The maximum absolute atomic E-state index is 12.0. The van der Waals surface area contributed by atoms with Crippen LogP contribution in [-0.2, 0) is 9.59 Å². The van der Waals surface area contributed by atoms with Gasteiger partial charge < -0.3 is 5.32 Å². The van der Waals surface area contributed by atoms with Gasteiger partial charge in [0.25, 0.3) is 5.91 Å². The summed E-state index contributed by atoms with van der Waals surface area (Å²) < 4.78 is 0. The second kappa shape index (κ2) is 3.32. The molecule has 15 heavy (non-hydrogen) atoms. The Bertz CT molecular complexity index is 332. The van der Waals surface area contributed by atoms with Crippen LogP contribution in [0.3, 0.4) is 0 Å². The van der Waals surface area contributed by atoms with Crippen LogP contribution in [0.1, 0.15) is 32.6 Å². The number of hydrogen-bond donors (Lipinski definition) is 1. The van der Waals surface area contributed by atoms with E-state index in [0.29, 0.717) is 12.8 Å². The van der Waals surface area contributed by atoms with E-state index in [9.17, 15) is 14.4 Å². The molecule has 2 aliphatic rings. The Morgan fingerprint density at radius 2 is 2.00 bits per heavy atom. The second-order valence-electron chi connectivity index (χ2n) is 4.31. The Labute approximate surface area is 87.8 Å². The highest BCUT2D eigenvalue weighted by molar-refractivity contribution is 6.09. The molecule has 1 N–H and O–H groups in total. The Morgan fingerprint density at radius 1 is 1.40 bits per heavy atom. The predicted octanol–water partition coefficient (Wildman–Crippen LogP) is 0.440. The van der Waals surface area contributed by atoms with Gasteiger partial charge in [-0.15, -0.1) is 0 Å². The average Bonchev–Trinajstić information content (AvgIpc) is 2.69. The lowest BCUT2D eigenvalue weighted by Crippen LogP contribution is -2.44. The van der Waals surface area contributed by atoms with E-state index in [0.717, 1.165) is 17.7 Å². The van der Waals surface area contributed by atoms with Gasteiger partial charge in [-0.25, -0.2) is 4.79 Å². The largest absolute Gasteiger partial charge is 0.325 e.